The zero-order chi connectivity index (χ0) is 17.1. The van der Waals surface area contributed by atoms with Gasteiger partial charge >= 0.3 is 0 Å². The second-order valence-corrected chi connectivity index (χ2v) is 8.33. The number of carbonyl (C=O) groups is 1. The highest BCUT2D eigenvalue weighted by Crippen LogP contribution is 2.40. The second kappa shape index (κ2) is 6.99. The highest BCUT2D eigenvalue weighted by molar-refractivity contribution is 6.48. The Morgan fingerprint density at radius 2 is 2.00 bits per heavy atom. The summed E-state index contributed by atoms with van der Waals surface area (Å²) < 4.78 is 5.99. The van der Waals surface area contributed by atoms with Crippen LogP contribution in [0.2, 0.25) is 13.1 Å². The van der Waals surface area contributed by atoms with Gasteiger partial charge in [0.05, 0.1) is 16.6 Å². The number of rotatable bonds is 5. The highest BCUT2D eigenvalue weighted by Gasteiger charge is 2.33. The van der Waals surface area contributed by atoms with Crippen molar-refractivity contribution in [3.63, 3.8) is 0 Å². The van der Waals surface area contributed by atoms with E-state index in [2.05, 4.69) is 0 Å². The average Bonchev–Trinajstić information content (AvgIpc) is 2.42. The molecule has 22 heavy (non-hydrogen) atoms. The lowest BCUT2D eigenvalue weighted by atomic mass is 9.84. The minimum Gasteiger partial charge on any atom is -0.409 e. The molecule has 0 aliphatic heterocycles. The first-order valence-corrected chi connectivity index (χ1v) is 9.25. The van der Waals surface area contributed by atoms with Gasteiger partial charge in [-0.2, -0.15) is 0 Å². The number of amides is 1. The van der Waals surface area contributed by atoms with Gasteiger partial charge in [0, 0.05) is 11.6 Å². The van der Waals surface area contributed by atoms with E-state index in [1.54, 1.807) is 6.07 Å². The van der Waals surface area contributed by atoms with E-state index in [1.807, 2.05) is 39.3 Å². The lowest BCUT2D eigenvalue weighted by Gasteiger charge is -2.32. The van der Waals surface area contributed by atoms with Crippen LogP contribution in [0.25, 0.3) is 0 Å². The standard InChI is InChI=1S/C14H22N3O4Si/c1-14(2,3)12(21-22(4)5)10-7-6-9(13(18)16-15)8-11(10)17(19)20/h6-8,12H,15H2,1-5H3,(H,16,18). The summed E-state index contributed by atoms with van der Waals surface area (Å²) >= 11 is 0. The molecule has 0 saturated carbocycles. The maximum absolute atomic E-state index is 11.6. The Balaban J connectivity index is 3.42. The fourth-order valence-corrected chi connectivity index (χ4v) is 3.04. The Labute approximate surface area is 131 Å². The molecule has 1 unspecified atom stereocenters. The van der Waals surface area contributed by atoms with Crippen molar-refractivity contribution in [2.45, 2.75) is 40.0 Å². The lowest BCUT2D eigenvalue weighted by Crippen LogP contribution is -2.30. The molecule has 1 rings (SSSR count). The van der Waals surface area contributed by atoms with E-state index in [-0.39, 0.29) is 16.7 Å². The third-order valence-corrected chi connectivity index (χ3v) is 3.75. The van der Waals surface area contributed by atoms with Crippen molar-refractivity contribution in [1.82, 2.24) is 5.43 Å². The molecule has 121 valence electrons. The van der Waals surface area contributed by atoms with Crippen LogP contribution in [0.1, 0.15) is 42.8 Å². The van der Waals surface area contributed by atoms with E-state index in [0.29, 0.717) is 5.56 Å². The van der Waals surface area contributed by atoms with Crippen molar-refractivity contribution in [1.29, 1.82) is 0 Å². The smallest absolute Gasteiger partial charge is 0.275 e. The topological polar surface area (TPSA) is 107 Å². The molecule has 1 radical (unpaired) electrons. The highest BCUT2D eigenvalue weighted by atomic mass is 28.3. The Bertz CT molecular complexity index is 570. The van der Waals surface area contributed by atoms with Crippen LogP contribution in [-0.4, -0.2) is 19.9 Å². The van der Waals surface area contributed by atoms with Crippen molar-refractivity contribution in [3.05, 3.63) is 39.4 Å². The summed E-state index contributed by atoms with van der Waals surface area (Å²) in [6.45, 7) is 9.85. The van der Waals surface area contributed by atoms with Gasteiger partial charge in [-0.15, -0.1) is 0 Å². The number of carbonyl (C=O) groups excluding carboxylic acids is 1. The molecule has 0 spiro atoms. The van der Waals surface area contributed by atoms with Crippen molar-refractivity contribution in [3.8, 4) is 0 Å². The van der Waals surface area contributed by atoms with Gasteiger partial charge in [0.1, 0.15) is 0 Å². The lowest BCUT2D eigenvalue weighted by molar-refractivity contribution is -0.386. The number of nitrogens with zero attached hydrogens (tertiary/aromatic N) is 1. The van der Waals surface area contributed by atoms with Crippen LogP contribution in [-0.2, 0) is 4.43 Å². The number of nitrogen functional groups attached to an aromatic ring is 1. The maximum atomic E-state index is 11.6. The van der Waals surface area contributed by atoms with Gasteiger partial charge in [-0.1, -0.05) is 20.8 Å². The number of nitro groups is 1. The van der Waals surface area contributed by atoms with Crippen molar-refractivity contribution in [2.75, 3.05) is 0 Å². The Hall–Kier alpha value is -1.77. The number of hydrogen-bond acceptors (Lipinski definition) is 5. The minimum absolute atomic E-state index is 0.135. The summed E-state index contributed by atoms with van der Waals surface area (Å²) in [6.07, 6.45) is -0.424. The predicted octanol–water partition coefficient (Wildman–Crippen LogP) is 2.55. The van der Waals surface area contributed by atoms with E-state index in [9.17, 15) is 14.9 Å². The maximum Gasteiger partial charge on any atom is 0.275 e. The predicted molar refractivity (Wildman–Crippen MR) is 85.5 cm³/mol. The molecule has 0 saturated heterocycles. The van der Waals surface area contributed by atoms with Gasteiger partial charge in [0.2, 0.25) is 9.04 Å². The summed E-state index contributed by atoms with van der Waals surface area (Å²) in [5, 5.41) is 11.4. The second-order valence-electron chi connectivity index (χ2n) is 6.28. The van der Waals surface area contributed by atoms with Crippen LogP contribution in [0.5, 0.6) is 0 Å². The first-order valence-electron chi connectivity index (χ1n) is 6.84. The largest absolute Gasteiger partial charge is 0.409 e. The third-order valence-electron chi connectivity index (χ3n) is 3.04. The number of nitrogens with two attached hydrogens (primary N) is 1. The molecule has 1 amide bonds. The van der Waals surface area contributed by atoms with Gasteiger partial charge in [-0.05, 0) is 30.6 Å². The van der Waals surface area contributed by atoms with Gasteiger partial charge < -0.3 is 4.43 Å². The van der Waals surface area contributed by atoms with Crippen molar-refractivity contribution in [2.24, 2.45) is 11.3 Å². The first kappa shape index (κ1) is 18.3. The molecule has 3 N–H and O–H groups in total. The van der Waals surface area contributed by atoms with Crippen LogP contribution < -0.4 is 11.3 Å². The molecular formula is C14H22N3O4Si. The summed E-state index contributed by atoms with van der Waals surface area (Å²) in [7, 11) is -1.06. The summed E-state index contributed by atoms with van der Waals surface area (Å²) in [5.74, 6) is 4.50. The van der Waals surface area contributed by atoms with Gasteiger partial charge in [-0.25, -0.2) is 5.84 Å². The van der Waals surface area contributed by atoms with E-state index < -0.39 is 26.0 Å². The molecule has 0 aromatic heterocycles. The molecule has 0 bridgehead atoms. The SMILES string of the molecule is C[Si](C)OC(c1ccc(C(=O)NN)cc1[N+](=O)[O-])C(C)(C)C. The summed E-state index contributed by atoms with van der Waals surface area (Å²) in [5.41, 5.74) is 2.13. The number of nitro benzene ring substituents is 1. The third kappa shape index (κ3) is 4.36. The summed E-state index contributed by atoms with van der Waals surface area (Å²) in [6, 6.07) is 4.32. The van der Waals surface area contributed by atoms with Gasteiger partial charge in [0.15, 0.2) is 0 Å². The zero-order valence-electron chi connectivity index (χ0n) is 13.5. The minimum atomic E-state index is -1.06. The monoisotopic (exact) mass is 324 g/mol. The quantitative estimate of drug-likeness (QED) is 0.284. The molecule has 0 aliphatic rings. The molecule has 1 aromatic carbocycles. The fraction of sp³-hybridized carbons (Fsp3) is 0.500. The molecule has 0 aliphatic carbocycles. The molecule has 8 heteroatoms. The molecule has 1 aromatic rings. The van der Waals surface area contributed by atoms with E-state index in [1.165, 1.54) is 12.1 Å². The zero-order valence-corrected chi connectivity index (χ0v) is 14.5. The Morgan fingerprint density at radius 3 is 2.41 bits per heavy atom. The fourth-order valence-electron chi connectivity index (χ4n) is 2.09. The van der Waals surface area contributed by atoms with E-state index >= 15 is 0 Å². The van der Waals surface area contributed by atoms with E-state index in [4.69, 9.17) is 10.3 Å². The number of benzene rings is 1. The van der Waals surface area contributed by atoms with Crippen molar-refractivity contribution >= 4 is 20.6 Å². The molecule has 7 nitrogen and oxygen atoms in total. The number of nitrogens with one attached hydrogen (secondary N) is 1. The first-order chi connectivity index (χ1) is 10.1. The normalized spacial score (nSPS) is 13.0. The molecule has 1 atom stereocenters. The summed E-state index contributed by atoms with van der Waals surface area (Å²) in [4.78, 5) is 22.5. The van der Waals surface area contributed by atoms with E-state index in [0.717, 1.165) is 0 Å². The van der Waals surface area contributed by atoms with Gasteiger partial charge in [0.25, 0.3) is 11.6 Å². The van der Waals surface area contributed by atoms with Crippen LogP contribution in [0.3, 0.4) is 0 Å². The van der Waals surface area contributed by atoms with Gasteiger partial charge in [-0.3, -0.25) is 20.3 Å². The van der Waals surface area contributed by atoms with Crippen LogP contribution in [0, 0.1) is 15.5 Å². The number of hydrazine groups is 1. The Kier molecular flexibility index (Phi) is 5.81. The van der Waals surface area contributed by atoms with Crippen molar-refractivity contribution < 1.29 is 14.1 Å². The average molecular weight is 324 g/mol. The number of hydrogen-bond donors (Lipinski definition) is 2. The van der Waals surface area contributed by atoms with Crippen LogP contribution in [0.4, 0.5) is 5.69 Å². The van der Waals surface area contributed by atoms with Crippen LogP contribution >= 0.6 is 0 Å². The molecule has 0 heterocycles. The Morgan fingerprint density at radius 1 is 1.41 bits per heavy atom. The molecule has 0 fully saturated rings. The van der Waals surface area contributed by atoms with Crippen LogP contribution in [0.15, 0.2) is 18.2 Å². The molecular weight excluding hydrogens is 302 g/mol.